The number of nitriles is 2. The number of benzene rings is 11. The summed E-state index contributed by atoms with van der Waals surface area (Å²) in [6.45, 7) is 8.92. The van der Waals surface area contributed by atoms with Gasteiger partial charge >= 0.3 is 0 Å². The maximum absolute atomic E-state index is 9.96. The second kappa shape index (κ2) is 18.2. The summed E-state index contributed by atoms with van der Waals surface area (Å²) in [6, 6.07) is 88.0. The molecule has 11 aromatic carbocycles. The van der Waals surface area contributed by atoms with E-state index in [1.165, 1.54) is 66.1 Å². The molecule has 1 aliphatic rings. The molecule has 0 aromatic heterocycles. The van der Waals surface area contributed by atoms with Crippen molar-refractivity contribution >= 4 is 66.4 Å². The van der Waals surface area contributed by atoms with E-state index >= 15 is 0 Å². The molecule has 4 nitrogen and oxygen atoms in total. The van der Waals surface area contributed by atoms with Crippen molar-refractivity contribution in [3.63, 3.8) is 0 Å². The van der Waals surface area contributed by atoms with E-state index in [-0.39, 0.29) is 0 Å². The Morgan fingerprint density at radius 3 is 1.25 bits per heavy atom. The smallest absolute Gasteiger partial charge is 0.0991 e. The Morgan fingerprint density at radius 2 is 0.767 bits per heavy atom. The molecule has 0 unspecified atom stereocenters. The molecule has 0 aliphatic heterocycles. The first-order valence-corrected chi connectivity index (χ1v) is 25.3. The standard InChI is InChI=1S/C69H52N4/c1-45(2)49-27-35-54(36-28-49)72(53-31-23-47(43-70)24-32-53)57-39-40-62-63(41-57)58-19-11-13-21-60(58)67-66-61-22-14-12-20-59(61)65(73(55-33-25-48(44-71)26-34-55)56-37-29-50(30-38-56)46(3)4)42-64(66)69(68(62)67,51-15-7-5-8-16-51)52-17-9-6-10-18-52/h5-42,45-46H,1-4H3. The SMILES string of the molecule is CC(C)c1ccc(N(c2ccc(C#N)cc2)c2ccc3c4c(c5ccccc5c3c2)-c2c(cc(N(c3ccc(C#N)cc3)c3ccc(C(C)C)cc3)c3ccccc23)C4(c2ccccc2)c2ccccc2)cc1. The van der Waals surface area contributed by atoms with Crippen LogP contribution in [0.4, 0.5) is 34.1 Å². The summed E-state index contributed by atoms with van der Waals surface area (Å²) in [4.78, 5) is 4.69. The van der Waals surface area contributed by atoms with Gasteiger partial charge in [0.05, 0.1) is 34.4 Å². The molecule has 4 heteroatoms. The summed E-state index contributed by atoms with van der Waals surface area (Å²) >= 11 is 0. The van der Waals surface area contributed by atoms with Crippen molar-refractivity contribution in [2.75, 3.05) is 9.80 Å². The van der Waals surface area contributed by atoms with Crippen LogP contribution in [0, 0.1) is 22.7 Å². The Balaban J connectivity index is 1.21. The molecule has 0 fully saturated rings. The van der Waals surface area contributed by atoms with E-state index < -0.39 is 5.41 Å². The van der Waals surface area contributed by atoms with Gasteiger partial charge in [0, 0.05) is 33.8 Å². The summed E-state index contributed by atoms with van der Waals surface area (Å²) in [5.74, 6) is 0.777. The minimum Gasteiger partial charge on any atom is -0.310 e. The fourth-order valence-corrected chi connectivity index (χ4v) is 11.6. The van der Waals surface area contributed by atoms with Gasteiger partial charge in [-0.15, -0.1) is 0 Å². The number of hydrogen-bond acceptors (Lipinski definition) is 4. The lowest BCUT2D eigenvalue weighted by Gasteiger charge is -2.36. The van der Waals surface area contributed by atoms with Gasteiger partial charge in [-0.1, -0.05) is 167 Å². The molecule has 0 amide bonds. The van der Waals surface area contributed by atoms with Gasteiger partial charge in [-0.05, 0) is 174 Å². The zero-order chi connectivity index (χ0) is 49.8. The second-order valence-electron chi connectivity index (χ2n) is 19.9. The van der Waals surface area contributed by atoms with Gasteiger partial charge in [0.2, 0.25) is 0 Å². The summed E-state index contributed by atoms with van der Waals surface area (Å²) in [5.41, 5.74) is 16.4. The summed E-state index contributed by atoms with van der Waals surface area (Å²) in [6.07, 6.45) is 0. The molecule has 0 saturated carbocycles. The monoisotopic (exact) mass is 936 g/mol. The van der Waals surface area contributed by atoms with Gasteiger partial charge in [0.1, 0.15) is 0 Å². The first kappa shape index (κ1) is 45.0. The molecule has 0 atom stereocenters. The van der Waals surface area contributed by atoms with Crippen LogP contribution in [0.15, 0.2) is 231 Å². The van der Waals surface area contributed by atoms with Crippen molar-refractivity contribution in [3.05, 3.63) is 275 Å². The van der Waals surface area contributed by atoms with E-state index in [1.54, 1.807) is 0 Å². The normalized spacial score (nSPS) is 12.4. The molecule has 0 radical (unpaired) electrons. The number of anilines is 6. The molecule has 0 bridgehead atoms. The highest BCUT2D eigenvalue weighted by atomic mass is 15.1. The fourth-order valence-electron chi connectivity index (χ4n) is 11.6. The van der Waals surface area contributed by atoms with E-state index in [9.17, 15) is 10.5 Å². The highest BCUT2D eigenvalue weighted by Gasteiger charge is 2.49. The van der Waals surface area contributed by atoms with E-state index in [4.69, 9.17) is 0 Å². The molecular formula is C69H52N4. The topological polar surface area (TPSA) is 54.1 Å². The lowest BCUT2D eigenvalue weighted by Crippen LogP contribution is -2.29. The molecule has 12 rings (SSSR count). The minimum atomic E-state index is -0.785. The molecule has 1 aliphatic carbocycles. The van der Waals surface area contributed by atoms with E-state index in [0.29, 0.717) is 23.0 Å². The summed E-state index contributed by atoms with van der Waals surface area (Å²) in [5, 5.41) is 26.8. The summed E-state index contributed by atoms with van der Waals surface area (Å²) in [7, 11) is 0. The largest absolute Gasteiger partial charge is 0.310 e. The average molecular weight is 937 g/mol. The van der Waals surface area contributed by atoms with Crippen LogP contribution in [0.5, 0.6) is 0 Å². The van der Waals surface area contributed by atoms with Gasteiger partial charge < -0.3 is 9.80 Å². The van der Waals surface area contributed by atoms with Gasteiger partial charge in [-0.25, -0.2) is 0 Å². The Bertz CT molecular complexity index is 3920. The van der Waals surface area contributed by atoms with Gasteiger partial charge in [-0.3, -0.25) is 0 Å². The van der Waals surface area contributed by atoms with Crippen LogP contribution in [0.2, 0.25) is 0 Å². The number of nitrogens with zero attached hydrogens (tertiary/aromatic N) is 4. The molecule has 0 spiro atoms. The van der Waals surface area contributed by atoms with Crippen molar-refractivity contribution < 1.29 is 0 Å². The van der Waals surface area contributed by atoms with Crippen LogP contribution in [-0.4, -0.2) is 0 Å². The van der Waals surface area contributed by atoms with Crippen LogP contribution in [-0.2, 0) is 5.41 Å². The van der Waals surface area contributed by atoms with E-state index in [2.05, 4.69) is 256 Å². The molecule has 0 heterocycles. The third-order valence-electron chi connectivity index (χ3n) is 15.1. The lowest BCUT2D eigenvalue weighted by atomic mass is 9.66. The van der Waals surface area contributed by atoms with Gasteiger partial charge in [0.25, 0.3) is 0 Å². The Kier molecular flexibility index (Phi) is 11.2. The second-order valence-corrected chi connectivity index (χ2v) is 19.9. The predicted molar refractivity (Wildman–Crippen MR) is 303 cm³/mol. The van der Waals surface area contributed by atoms with Gasteiger partial charge in [0.15, 0.2) is 0 Å². The zero-order valence-electron chi connectivity index (χ0n) is 41.4. The number of fused-ring (bicyclic) bond motifs is 10. The average Bonchev–Trinajstić information content (AvgIpc) is 3.78. The van der Waals surface area contributed by atoms with Crippen LogP contribution in [0.3, 0.4) is 0 Å². The Labute approximate surface area is 427 Å². The van der Waals surface area contributed by atoms with Crippen LogP contribution >= 0.6 is 0 Å². The quantitative estimate of drug-likeness (QED) is 0.128. The highest BCUT2D eigenvalue weighted by molar-refractivity contribution is 6.24. The van der Waals surface area contributed by atoms with Crippen LogP contribution in [0.1, 0.15) is 84.0 Å². The van der Waals surface area contributed by atoms with Crippen molar-refractivity contribution in [3.8, 4) is 23.3 Å². The van der Waals surface area contributed by atoms with Crippen molar-refractivity contribution in [1.82, 2.24) is 0 Å². The first-order chi connectivity index (χ1) is 35.8. The zero-order valence-corrected chi connectivity index (χ0v) is 41.4. The maximum atomic E-state index is 9.96. The molecule has 348 valence electrons. The predicted octanol–water partition coefficient (Wildman–Crippen LogP) is 18.4. The molecule has 0 N–H and O–H groups in total. The summed E-state index contributed by atoms with van der Waals surface area (Å²) < 4.78 is 0. The molecule has 11 aromatic rings. The van der Waals surface area contributed by atoms with Crippen molar-refractivity contribution in [2.24, 2.45) is 0 Å². The first-order valence-electron chi connectivity index (χ1n) is 25.3. The third kappa shape index (κ3) is 7.34. The highest BCUT2D eigenvalue weighted by Crippen LogP contribution is 2.63. The molecular weight excluding hydrogens is 885 g/mol. The van der Waals surface area contributed by atoms with E-state index in [0.717, 1.165) is 44.9 Å². The van der Waals surface area contributed by atoms with E-state index in [1.807, 2.05) is 24.3 Å². The third-order valence-corrected chi connectivity index (χ3v) is 15.1. The van der Waals surface area contributed by atoms with Crippen LogP contribution in [0.25, 0.3) is 43.4 Å². The Hall–Kier alpha value is -9.22. The number of hydrogen-bond donors (Lipinski definition) is 0. The number of rotatable bonds is 10. The van der Waals surface area contributed by atoms with Crippen molar-refractivity contribution in [1.29, 1.82) is 10.5 Å². The Morgan fingerprint density at radius 1 is 0.356 bits per heavy atom. The fraction of sp³-hybridized carbons (Fsp3) is 0.101. The van der Waals surface area contributed by atoms with Gasteiger partial charge in [-0.2, -0.15) is 10.5 Å². The minimum absolute atomic E-state index is 0.380. The maximum Gasteiger partial charge on any atom is 0.0991 e. The lowest BCUT2D eigenvalue weighted by molar-refractivity contribution is 0.776. The van der Waals surface area contributed by atoms with Crippen molar-refractivity contribution in [2.45, 2.75) is 44.9 Å². The van der Waals surface area contributed by atoms with Crippen LogP contribution < -0.4 is 9.80 Å². The molecule has 0 saturated heterocycles. The molecule has 73 heavy (non-hydrogen) atoms.